The number of hydrogen-bond donors (Lipinski definition) is 0. The van der Waals surface area contributed by atoms with Gasteiger partial charge in [-0.3, -0.25) is 9.97 Å². The average Bonchev–Trinajstić information content (AvgIpc) is 2.88. The van der Waals surface area contributed by atoms with Crippen molar-refractivity contribution in [2.75, 3.05) is 35.4 Å². The van der Waals surface area contributed by atoms with Gasteiger partial charge in [-0.25, -0.2) is 0 Å². The van der Waals surface area contributed by atoms with Crippen molar-refractivity contribution >= 4 is 7.81 Å². The number of ether oxygens (including phenoxy) is 3. The van der Waals surface area contributed by atoms with E-state index in [9.17, 15) is 25.2 Å². The van der Waals surface area contributed by atoms with Gasteiger partial charge in [0.1, 0.15) is 0 Å². The number of nitriles is 2. The zero-order valence-corrected chi connectivity index (χ0v) is 26.6. The predicted octanol–water partition coefficient (Wildman–Crippen LogP) is 8.16. The van der Waals surface area contributed by atoms with Crippen molar-refractivity contribution in [3.63, 3.8) is 0 Å². The molecule has 0 aliphatic carbocycles. The van der Waals surface area contributed by atoms with Crippen LogP contribution in [0, 0.1) is 28.7 Å². The van der Waals surface area contributed by atoms with Gasteiger partial charge in [-0.1, -0.05) is 12.1 Å². The molecule has 3 rings (SSSR count). The maximum absolute atomic E-state index is 10.7. The first-order valence-electron chi connectivity index (χ1n) is 11.2. The van der Waals surface area contributed by atoms with Gasteiger partial charge in [-0.2, -0.15) is 16.6 Å². The second kappa shape index (κ2) is 19.6. The topological polar surface area (TPSA) is 104 Å². The molecule has 8 nitrogen and oxygen atoms in total. The Morgan fingerprint density at radius 3 is 1.43 bits per heavy atom. The normalized spacial score (nSPS) is 11.0. The molecule has 3 aromatic rings. The van der Waals surface area contributed by atoms with Crippen LogP contribution >= 0.6 is 7.81 Å². The van der Waals surface area contributed by atoms with Gasteiger partial charge in [-0.15, -0.1) is 11.6 Å². The summed E-state index contributed by atoms with van der Waals surface area (Å²) in [6.45, 7) is 3.60. The van der Waals surface area contributed by atoms with E-state index in [0.717, 1.165) is 23.5 Å². The summed E-state index contributed by atoms with van der Waals surface area (Å²) in [5, 5.41) is 14.6. The molecule has 2 heterocycles. The minimum Gasteiger partial charge on any atom is -0.255 e. The van der Waals surface area contributed by atoms with E-state index < -0.39 is 7.81 Å². The van der Waals surface area contributed by atoms with Crippen LogP contribution in [0.3, 0.4) is 0 Å². The van der Waals surface area contributed by atoms with Crippen LogP contribution in [0.5, 0.6) is 17.2 Å². The first kappa shape index (κ1) is 43.0. The molecular formula is C26H32F6N5O3PRu. The molecule has 0 radical (unpaired) electrons. The van der Waals surface area contributed by atoms with E-state index in [2.05, 4.69) is 16.0 Å². The molecule has 42 heavy (non-hydrogen) atoms. The Hall–Kier alpha value is -3.51. The summed E-state index contributed by atoms with van der Waals surface area (Å²) < 4.78 is 75.0. The molecule has 0 amide bonds. The van der Waals surface area contributed by atoms with E-state index in [0.29, 0.717) is 17.2 Å². The molecule has 0 saturated carbocycles. The van der Waals surface area contributed by atoms with Gasteiger partial charge in [0, 0.05) is 32.8 Å². The second-order valence-electron chi connectivity index (χ2n) is 7.48. The van der Waals surface area contributed by atoms with Gasteiger partial charge in [0.2, 0.25) is 0 Å². The number of rotatable bonds is 6. The van der Waals surface area contributed by atoms with E-state index in [1.54, 1.807) is 51.9 Å². The van der Waals surface area contributed by atoms with E-state index in [1.165, 1.54) is 13.8 Å². The van der Waals surface area contributed by atoms with E-state index in [4.69, 9.17) is 24.7 Å². The van der Waals surface area contributed by atoms with Crippen LogP contribution < -0.4 is 14.2 Å². The molecule has 0 aliphatic heterocycles. The van der Waals surface area contributed by atoms with Crippen LogP contribution in [-0.2, 0) is 26.0 Å². The molecule has 1 aromatic carbocycles. The minimum absolute atomic E-state index is 0. The third-order valence-corrected chi connectivity index (χ3v) is 3.78. The van der Waals surface area contributed by atoms with Crippen molar-refractivity contribution in [3.05, 3.63) is 66.5 Å². The number of pyridine rings is 2. The van der Waals surface area contributed by atoms with Crippen LogP contribution in [0.25, 0.3) is 11.4 Å². The Balaban J connectivity index is -0.000000516. The van der Waals surface area contributed by atoms with Gasteiger partial charge >= 0.3 is 52.5 Å². The van der Waals surface area contributed by atoms with E-state index in [-0.39, 0.29) is 19.5 Å². The first-order valence-corrected chi connectivity index (χ1v) is 13.3. The van der Waals surface area contributed by atoms with Crippen LogP contribution in [0.4, 0.5) is 25.2 Å². The van der Waals surface area contributed by atoms with Crippen LogP contribution in [0.15, 0.2) is 54.9 Å². The van der Waals surface area contributed by atoms with Crippen molar-refractivity contribution in [1.82, 2.24) is 14.9 Å². The molecule has 0 fully saturated rings. The number of aromatic nitrogens is 2. The standard InChI is InChI=1S/C12H18NO3.C10H8N2.2C2H3N.F6P.Ru/c1-13(2)8-9-6-7-10(14-3)12(16-5)11(9)15-4;1-3-7-11-9(5-1)10-6-2-4-8-12-10;2*1-2-3;1-7(2,3,4,5)6;/h7H,8H2,1-5H3;1-8H;2*1H3;;/q-1;;;;-1;+2. The number of halogens is 6. The third-order valence-electron chi connectivity index (χ3n) is 3.78. The summed E-state index contributed by atoms with van der Waals surface area (Å²) in [5.41, 5.74) is 2.78. The van der Waals surface area contributed by atoms with Crippen LogP contribution in [0.2, 0.25) is 0 Å². The van der Waals surface area contributed by atoms with Crippen molar-refractivity contribution in [3.8, 4) is 40.8 Å². The summed E-state index contributed by atoms with van der Waals surface area (Å²) >= 11 is 0. The third kappa shape index (κ3) is 24.3. The van der Waals surface area contributed by atoms with Gasteiger partial charge in [0.25, 0.3) is 0 Å². The first-order chi connectivity index (χ1) is 18.9. The molecule has 16 heteroatoms. The summed E-state index contributed by atoms with van der Waals surface area (Å²) in [5.74, 6) is 1.91. The van der Waals surface area contributed by atoms with Crippen molar-refractivity contribution < 1.29 is 58.9 Å². The van der Waals surface area contributed by atoms with Crippen LogP contribution in [0.1, 0.15) is 19.4 Å². The monoisotopic (exact) mass is 709 g/mol. The molecule has 0 bridgehead atoms. The second-order valence-corrected chi connectivity index (χ2v) is 9.39. The molecule has 0 spiro atoms. The maximum atomic E-state index is 9.87. The number of methoxy groups -OCH3 is 3. The van der Waals surface area contributed by atoms with Gasteiger partial charge in [0.05, 0.1) is 62.1 Å². The zero-order chi connectivity index (χ0) is 32.2. The van der Waals surface area contributed by atoms with Gasteiger partial charge < -0.3 is 19.1 Å². The summed E-state index contributed by atoms with van der Waals surface area (Å²) in [7, 11) is -1.87. The number of hydrogen-bond acceptors (Lipinski definition) is 8. The fourth-order valence-corrected chi connectivity index (χ4v) is 2.56. The molecule has 0 unspecified atom stereocenters. The molecule has 0 aliphatic rings. The largest absolute Gasteiger partial charge is 2.00 e. The fourth-order valence-electron chi connectivity index (χ4n) is 2.56. The quantitative estimate of drug-likeness (QED) is 0.109. The molecule has 234 valence electrons. The van der Waals surface area contributed by atoms with Crippen molar-refractivity contribution in [2.24, 2.45) is 0 Å². The Morgan fingerprint density at radius 1 is 0.786 bits per heavy atom. The smallest absolute Gasteiger partial charge is 0.255 e. The molecular weight excluding hydrogens is 676 g/mol. The van der Waals surface area contributed by atoms with E-state index >= 15 is 0 Å². The molecule has 2 aromatic heterocycles. The SMILES string of the molecule is CC#N.CC#N.COc1c[c-]c(CN(C)C)c(OC)c1OC.F[P-](F)(F)(F)(F)F.[Ru+2].c1ccc(-c2ccccn2)nc1. The summed E-state index contributed by atoms with van der Waals surface area (Å²) in [6, 6.07) is 20.0. The molecule has 0 N–H and O–H groups in total. The number of nitrogens with zero attached hydrogens (tertiary/aromatic N) is 5. The minimum atomic E-state index is -10.7. The maximum Gasteiger partial charge on any atom is 2.00 e. The fraction of sp³-hybridized carbons (Fsp3) is 0.308. The summed E-state index contributed by atoms with van der Waals surface area (Å²) in [4.78, 5) is 10.4. The molecule has 0 saturated heterocycles. The number of benzene rings is 1. The Morgan fingerprint density at radius 2 is 1.17 bits per heavy atom. The van der Waals surface area contributed by atoms with Gasteiger partial charge in [-0.05, 0) is 38.4 Å². The average molecular weight is 709 g/mol. The Labute approximate surface area is 254 Å². The van der Waals surface area contributed by atoms with Crippen molar-refractivity contribution in [1.29, 1.82) is 10.5 Å². The molecule has 0 atom stereocenters. The Kier molecular flexibility index (Phi) is 20.0. The Bertz CT molecular complexity index is 1180. The van der Waals surface area contributed by atoms with Crippen LogP contribution in [-0.4, -0.2) is 50.3 Å². The zero-order valence-electron chi connectivity index (χ0n) is 23.9. The van der Waals surface area contributed by atoms with Crippen molar-refractivity contribution in [2.45, 2.75) is 20.4 Å². The predicted molar refractivity (Wildman–Crippen MR) is 146 cm³/mol. The van der Waals surface area contributed by atoms with Gasteiger partial charge in [0.15, 0.2) is 0 Å². The summed E-state index contributed by atoms with van der Waals surface area (Å²) in [6.07, 6.45) is 3.54. The van der Waals surface area contributed by atoms with E-state index in [1.807, 2.05) is 55.4 Å².